The fourth-order valence-electron chi connectivity index (χ4n) is 2.24. The highest BCUT2D eigenvalue weighted by Gasteiger charge is 2.11. The molecule has 28 heavy (non-hydrogen) atoms. The summed E-state index contributed by atoms with van der Waals surface area (Å²) in [5.41, 5.74) is 6.00. The number of amides is 2. The summed E-state index contributed by atoms with van der Waals surface area (Å²) < 4.78 is 12.7. The highest BCUT2D eigenvalue weighted by Crippen LogP contribution is 2.26. The van der Waals surface area contributed by atoms with E-state index in [-0.39, 0.29) is 6.61 Å². The Labute approximate surface area is 181 Å². The van der Waals surface area contributed by atoms with E-state index in [9.17, 15) is 9.59 Å². The Morgan fingerprint density at radius 3 is 2.43 bits per heavy atom. The van der Waals surface area contributed by atoms with Crippen molar-refractivity contribution in [3.63, 3.8) is 0 Å². The van der Waals surface area contributed by atoms with Crippen molar-refractivity contribution >= 4 is 43.7 Å². The van der Waals surface area contributed by atoms with Gasteiger partial charge in [-0.05, 0) is 71.2 Å². The smallest absolute Gasteiger partial charge is 0.276 e. The van der Waals surface area contributed by atoms with Gasteiger partial charge < -0.3 is 9.47 Å². The van der Waals surface area contributed by atoms with Crippen molar-refractivity contribution in [2.75, 3.05) is 13.2 Å². The van der Waals surface area contributed by atoms with Crippen molar-refractivity contribution in [3.05, 3.63) is 56.5 Å². The fraction of sp³-hybridized carbons (Fsp3) is 0.300. The molecule has 0 spiro atoms. The quantitative estimate of drug-likeness (QED) is 0.401. The van der Waals surface area contributed by atoms with E-state index in [1.807, 2.05) is 19.1 Å². The maximum atomic E-state index is 12.2. The lowest BCUT2D eigenvalue weighted by Gasteiger charge is -2.12. The Kier molecular flexibility index (Phi) is 8.79. The van der Waals surface area contributed by atoms with Crippen LogP contribution in [0.3, 0.4) is 0 Å². The third kappa shape index (κ3) is 6.83. The van der Waals surface area contributed by atoms with Crippen LogP contribution in [0.4, 0.5) is 0 Å². The molecule has 0 radical (unpaired) electrons. The summed E-state index contributed by atoms with van der Waals surface area (Å²) in [5, 5.41) is 0. The molecular formula is C20H22Br2N2O4. The van der Waals surface area contributed by atoms with Crippen LogP contribution >= 0.6 is 31.9 Å². The van der Waals surface area contributed by atoms with Crippen molar-refractivity contribution in [1.82, 2.24) is 10.9 Å². The first kappa shape index (κ1) is 22.2. The van der Waals surface area contributed by atoms with E-state index in [1.165, 1.54) is 0 Å². The highest BCUT2D eigenvalue weighted by molar-refractivity contribution is 9.10. The van der Waals surface area contributed by atoms with Gasteiger partial charge in [0.15, 0.2) is 6.61 Å². The molecule has 2 aromatic carbocycles. The summed E-state index contributed by atoms with van der Waals surface area (Å²) in [6.45, 7) is 4.38. The minimum Gasteiger partial charge on any atom is -0.492 e. The zero-order valence-electron chi connectivity index (χ0n) is 15.7. The van der Waals surface area contributed by atoms with E-state index in [1.54, 1.807) is 24.3 Å². The Morgan fingerprint density at radius 1 is 1.00 bits per heavy atom. The Balaban J connectivity index is 1.82. The molecule has 2 amide bonds. The summed E-state index contributed by atoms with van der Waals surface area (Å²) >= 11 is 6.77. The third-order valence-electron chi connectivity index (χ3n) is 3.76. The van der Waals surface area contributed by atoms with Gasteiger partial charge in [0.2, 0.25) is 0 Å². The van der Waals surface area contributed by atoms with Gasteiger partial charge in [0, 0.05) is 10.0 Å². The summed E-state index contributed by atoms with van der Waals surface area (Å²) in [6, 6.07) is 10.5. The van der Waals surface area contributed by atoms with Gasteiger partial charge in [0.1, 0.15) is 11.5 Å². The maximum absolute atomic E-state index is 12.2. The van der Waals surface area contributed by atoms with Gasteiger partial charge in [0.25, 0.3) is 11.8 Å². The summed E-state index contributed by atoms with van der Waals surface area (Å²) in [5.74, 6) is 0.378. The van der Waals surface area contributed by atoms with Gasteiger partial charge in [-0.2, -0.15) is 0 Å². The molecule has 150 valence electrons. The minimum absolute atomic E-state index is 0.212. The van der Waals surface area contributed by atoms with E-state index < -0.39 is 11.8 Å². The number of nitrogens with one attached hydrogen (secondary N) is 2. The van der Waals surface area contributed by atoms with Crippen LogP contribution in [0.5, 0.6) is 11.5 Å². The van der Waals surface area contributed by atoms with E-state index in [0.717, 1.165) is 22.9 Å². The molecule has 0 bridgehead atoms. The Morgan fingerprint density at radius 2 is 1.75 bits per heavy atom. The van der Waals surface area contributed by atoms with Crippen LogP contribution in [0.25, 0.3) is 0 Å². The number of unbranched alkanes of at least 4 members (excludes halogenated alkanes) is 1. The largest absolute Gasteiger partial charge is 0.492 e. The number of aryl methyl sites for hydroxylation is 1. The zero-order chi connectivity index (χ0) is 20.5. The van der Waals surface area contributed by atoms with E-state index in [0.29, 0.717) is 28.1 Å². The lowest BCUT2D eigenvalue weighted by atomic mass is 10.2. The van der Waals surface area contributed by atoms with Gasteiger partial charge in [0.05, 0.1) is 11.1 Å². The van der Waals surface area contributed by atoms with Gasteiger partial charge >= 0.3 is 0 Å². The summed E-state index contributed by atoms with van der Waals surface area (Å²) in [6.07, 6.45) is 2.01. The van der Waals surface area contributed by atoms with Crippen LogP contribution in [0.2, 0.25) is 0 Å². The molecule has 8 heteroatoms. The highest BCUT2D eigenvalue weighted by atomic mass is 79.9. The average molecular weight is 514 g/mol. The zero-order valence-corrected chi connectivity index (χ0v) is 18.9. The SMILES string of the molecule is CCCCOc1ccc(C(=O)NNC(=O)COc2ccc(Br)cc2C)cc1Br. The van der Waals surface area contributed by atoms with Crippen LogP contribution in [0.1, 0.15) is 35.7 Å². The fourth-order valence-corrected chi connectivity index (χ4v) is 3.21. The molecule has 0 fully saturated rings. The van der Waals surface area contributed by atoms with E-state index in [2.05, 4.69) is 49.6 Å². The molecule has 0 saturated heterocycles. The molecule has 0 aliphatic heterocycles. The first-order chi connectivity index (χ1) is 13.4. The first-order valence-electron chi connectivity index (χ1n) is 8.81. The molecular weight excluding hydrogens is 492 g/mol. The molecule has 0 aliphatic rings. The lowest BCUT2D eigenvalue weighted by Crippen LogP contribution is -2.43. The normalized spacial score (nSPS) is 10.3. The lowest BCUT2D eigenvalue weighted by molar-refractivity contribution is -0.123. The van der Waals surface area contributed by atoms with E-state index >= 15 is 0 Å². The number of hydrogen-bond donors (Lipinski definition) is 2. The van der Waals surface area contributed by atoms with E-state index in [4.69, 9.17) is 9.47 Å². The number of hydrazine groups is 1. The summed E-state index contributed by atoms with van der Waals surface area (Å²) in [7, 11) is 0. The number of carbonyl (C=O) groups is 2. The van der Waals surface area contributed by atoms with Crippen molar-refractivity contribution < 1.29 is 19.1 Å². The van der Waals surface area contributed by atoms with Gasteiger partial charge in [-0.1, -0.05) is 29.3 Å². The molecule has 0 atom stereocenters. The van der Waals surface area contributed by atoms with Crippen LogP contribution in [-0.4, -0.2) is 25.0 Å². The summed E-state index contributed by atoms with van der Waals surface area (Å²) in [4.78, 5) is 24.1. The average Bonchev–Trinajstić information content (AvgIpc) is 2.66. The molecule has 2 N–H and O–H groups in total. The monoisotopic (exact) mass is 512 g/mol. The molecule has 2 rings (SSSR count). The second-order valence-electron chi connectivity index (χ2n) is 6.05. The number of halogens is 2. The molecule has 2 aromatic rings. The minimum atomic E-state index is -0.464. The molecule has 0 saturated carbocycles. The molecule has 0 aliphatic carbocycles. The number of carbonyl (C=O) groups excluding carboxylic acids is 2. The van der Waals surface area contributed by atoms with Crippen molar-refractivity contribution in [1.29, 1.82) is 0 Å². The topological polar surface area (TPSA) is 76.7 Å². The van der Waals surface area contributed by atoms with Crippen molar-refractivity contribution in [3.8, 4) is 11.5 Å². The molecule has 0 unspecified atom stereocenters. The van der Waals surface area contributed by atoms with Crippen LogP contribution in [-0.2, 0) is 4.79 Å². The van der Waals surface area contributed by atoms with Crippen molar-refractivity contribution in [2.24, 2.45) is 0 Å². The number of benzene rings is 2. The maximum Gasteiger partial charge on any atom is 0.276 e. The number of rotatable bonds is 8. The molecule has 0 heterocycles. The second-order valence-corrected chi connectivity index (χ2v) is 7.82. The Bertz CT molecular complexity index is 843. The number of ether oxygens (including phenoxy) is 2. The van der Waals surface area contributed by atoms with Gasteiger partial charge in [-0.15, -0.1) is 0 Å². The second kappa shape index (κ2) is 11.1. The standard InChI is InChI=1S/C20H22Br2N2O4/c1-3-4-9-27-18-7-5-14(11-16(18)22)20(26)24-23-19(25)12-28-17-8-6-15(21)10-13(17)2/h5-8,10-11H,3-4,9,12H2,1-2H3,(H,23,25)(H,24,26). The molecule has 6 nitrogen and oxygen atoms in total. The van der Waals surface area contributed by atoms with Crippen LogP contribution in [0, 0.1) is 6.92 Å². The first-order valence-corrected chi connectivity index (χ1v) is 10.4. The van der Waals surface area contributed by atoms with Gasteiger partial charge in [-0.3, -0.25) is 20.4 Å². The van der Waals surface area contributed by atoms with Crippen molar-refractivity contribution in [2.45, 2.75) is 26.7 Å². The Hall–Kier alpha value is -2.06. The van der Waals surface area contributed by atoms with Crippen LogP contribution in [0.15, 0.2) is 45.3 Å². The number of hydrogen-bond acceptors (Lipinski definition) is 4. The van der Waals surface area contributed by atoms with Gasteiger partial charge in [-0.25, -0.2) is 0 Å². The third-order valence-corrected chi connectivity index (χ3v) is 4.87. The van der Waals surface area contributed by atoms with Crippen LogP contribution < -0.4 is 20.3 Å². The predicted molar refractivity (Wildman–Crippen MR) is 115 cm³/mol. The molecule has 0 aromatic heterocycles. The predicted octanol–water partition coefficient (Wildman–Crippen LogP) is 4.54.